The second kappa shape index (κ2) is 20.5. The van der Waals surface area contributed by atoms with Gasteiger partial charge in [-0.15, -0.1) is 0 Å². The molecule has 0 bridgehead atoms. The average molecular weight is 537 g/mol. The van der Waals surface area contributed by atoms with E-state index in [1.54, 1.807) is 41.5 Å². The van der Waals surface area contributed by atoms with Gasteiger partial charge in [-0.05, 0) is 106 Å². The lowest BCUT2D eigenvalue weighted by atomic mass is 9.83. The highest BCUT2D eigenvalue weighted by molar-refractivity contribution is 4.92. The maximum Gasteiger partial charge on any atom is 0.0639 e. The van der Waals surface area contributed by atoms with E-state index in [0.717, 1.165) is 45.4 Å². The SMILES string of the molecule is CC(O)CN(CCCNCCC(CC(C)O)(CC(C)O)NCCCN(CC(C)O)CC(C)O)CC(C)O. The topological polar surface area (TPSA) is 152 Å². The number of hydrogen-bond acceptors (Lipinski definition) is 10. The predicted octanol–water partition coefficient (Wildman–Crippen LogP) is -0.256. The van der Waals surface area contributed by atoms with Gasteiger partial charge in [0.05, 0.1) is 36.6 Å². The zero-order valence-electron chi connectivity index (χ0n) is 24.4. The first-order chi connectivity index (χ1) is 17.2. The van der Waals surface area contributed by atoms with E-state index in [2.05, 4.69) is 20.4 Å². The fraction of sp³-hybridized carbons (Fsp3) is 1.00. The molecule has 0 aliphatic rings. The summed E-state index contributed by atoms with van der Waals surface area (Å²) < 4.78 is 0. The summed E-state index contributed by atoms with van der Waals surface area (Å²) in [6.45, 7) is 16.4. The summed E-state index contributed by atoms with van der Waals surface area (Å²) in [7, 11) is 0. The molecular formula is C27H60N4O6. The Kier molecular flexibility index (Phi) is 20.3. The third-order valence-corrected chi connectivity index (χ3v) is 6.22. The second-order valence-corrected chi connectivity index (χ2v) is 11.4. The van der Waals surface area contributed by atoms with Crippen LogP contribution in [0.4, 0.5) is 0 Å². The molecule has 0 heterocycles. The lowest BCUT2D eigenvalue weighted by Gasteiger charge is -2.38. The highest BCUT2D eigenvalue weighted by Crippen LogP contribution is 2.24. The van der Waals surface area contributed by atoms with E-state index in [0.29, 0.717) is 45.6 Å². The summed E-state index contributed by atoms with van der Waals surface area (Å²) in [5, 5.41) is 66.5. The Morgan fingerprint density at radius 1 is 0.541 bits per heavy atom. The van der Waals surface area contributed by atoms with Gasteiger partial charge in [-0.3, -0.25) is 9.80 Å². The third-order valence-electron chi connectivity index (χ3n) is 6.22. The van der Waals surface area contributed by atoms with Crippen molar-refractivity contribution in [2.45, 2.75) is 116 Å². The van der Waals surface area contributed by atoms with E-state index in [1.165, 1.54) is 0 Å². The van der Waals surface area contributed by atoms with E-state index < -0.39 is 42.2 Å². The van der Waals surface area contributed by atoms with Crippen LogP contribution in [-0.2, 0) is 0 Å². The van der Waals surface area contributed by atoms with Gasteiger partial charge >= 0.3 is 0 Å². The van der Waals surface area contributed by atoms with Crippen LogP contribution in [0.1, 0.15) is 73.6 Å². The highest BCUT2D eigenvalue weighted by Gasteiger charge is 2.32. The average Bonchev–Trinajstić information content (AvgIpc) is 2.70. The van der Waals surface area contributed by atoms with Crippen molar-refractivity contribution in [1.29, 1.82) is 0 Å². The molecule has 0 rings (SSSR count). The minimum absolute atomic E-state index is 0.417. The molecule has 0 aromatic carbocycles. The molecule has 0 saturated heterocycles. The zero-order valence-corrected chi connectivity index (χ0v) is 24.4. The van der Waals surface area contributed by atoms with Crippen LogP contribution in [0.5, 0.6) is 0 Å². The molecule has 37 heavy (non-hydrogen) atoms. The van der Waals surface area contributed by atoms with Gasteiger partial charge in [-0.25, -0.2) is 0 Å². The largest absolute Gasteiger partial charge is 0.393 e. The van der Waals surface area contributed by atoms with Crippen molar-refractivity contribution in [1.82, 2.24) is 20.4 Å². The van der Waals surface area contributed by atoms with Crippen LogP contribution in [0.25, 0.3) is 0 Å². The summed E-state index contributed by atoms with van der Waals surface area (Å²) in [6.07, 6.45) is 0.677. The summed E-state index contributed by atoms with van der Waals surface area (Å²) in [6, 6.07) is 0. The maximum absolute atomic E-state index is 10.2. The second-order valence-electron chi connectivity index (χ2n) is 11.4. The monoisotopic (exact) mass is 536 g/mol. The number of aliphatic hydroxyl groups is 6. The third kappa shape index (κ3) is 21.1. The van der Waals surface area contributed by atoms with Gasteiger partial charge in [0.2, 0.25) is 0 Å². The maximum atomic E-state index is 10.2. The first kappa shape index (κ1) is 36.6. The Morgan fingerprint density at radius 3 is 1.27 bits per heavy atom. The molecule has 0 radical (unpaired) electrons. The summed E-state index contributed by atoms with van der Waals surface area (Å²) in [5.74, 6) is 0. The van der Waals surface area contributed by atoms with Crippen LogP contribution in [0.3, 0.4) is 0 Å². The van der Waals surface area contributed by atoms with Crippen LogP contribution in [0.2, 0.25) is 0 Å². The van der Waals surface area contributed by atoms with E-state index in [1.807, 2.05) is 0 Å². The number of nitrogens with one attached hydrogen (secondary N) is 2. The van der Waals surface area contributed by atoms with Crippen LogP contribution >= 0.6 is 0 Å². The van der Waals surface area contributed by atoms with Gasteiger partial charge in [0.15, 0.2) is 0 Å². The summed E-state index contributed by atoms with van der Waals surface area (Å²) in [4.78, 5) is 4.13. The van der Waals surface area contributed by atoms with Gasteiger partial charge in [0, 0.05) is 31.7 Å². The Bertz CT molecular complexity index is 505. The summed E-state index contributed by atoms with van der Waals surface area (Å²) >= 11 is 0. The number of rotatable bonds is 24. The smallest absolute Gasteiger partial charge is 0.0639 e. The number of aliphatic hydroxyl groups excluding tert-OH is 6. The molecular weight excluding hydrogens is 476 g/mol. The highest BCUT2D eigenvalue weighted by atomic mass is 16.3. The fourth-order valence-corrected chi connectivity index (χ4v) is 5.20. The Hall–Kier alpha value is -0.400. The molecule has 0 saturated carbocycles. The molecule has 6 unspecified atom stereocenters. The lowest BCUT2D eigenvalue weighted by molar-refractivity contribution is 0.0724. The predicted molar refractivity (Wildman–Crippen MR) is 150 cm³/mol. The number of hydrogen-bond donors (Lipinski definition) is 8. The van der Waals surface area contributed by atoms with Crippen molar-refractivity contribution in [2.75, 3.05) is 58.9 Å². The van der Waals surface area contributed by atoms with Gasteiger partial charge < -0.3 is 41.3 Å². The molecule has 10 nitrogen and oxygen atoms in total. The van der Waals surface area contributed by atoms with E-state index in [4.69, 9.17) is 0 Å². The standard InChI is InChI=1S/C27H60N4O6/c1-21(32)15-27(16-22(2)33,29-11-8-14-31(19-25(5)36)20-26(6)37)9-12-28-10-7-13-30(17-23(3)34)18-24(4)35/h21-26,28-29,32-37H,7-20H2,1-6H3. The van der Waals surface area contributed by atoms with Gasteiger partial charge in [-0.1, -0.05) is 0 Å². The minimum Gasteiger partial charge on any atom is -0.393 e. The van der Waals surface area contributed by atoms with Crippen molar-refractivity contribution in [3.63, 3.8) is 0 Å². The summed E-state index contributed by atoms with van der Waals surface area (Å²) in [5.41, 5.74) is -0.417. The van der Waals surface area contributed by atoms with Crippen molar-refractivity contribution >= 4 is 0 Å². The van der Waals surface area contributed by atoms with Crippen molar-refractivity contribution in [3.05, 3.63) is 0 Å². The molecule has 6 atom stereocenters. The molecule has 0 fully saturated rings. The van der Waals surface area contributed by atoms with Gasteiger partial charge in [0.1, 0.15) is 0 Å². The number of nitrogens with zero attached hydrogens (tertiary/aromatic N) is 2. The molecule has 0 aromatic rings. The molecule has 0 spiro atoms. The molecule has 0 aliphatic heterocycles. The van der Waals surface area contributed by atoms with Crippen LogP contribution in [0, 0.1) is 0 Å². The molecule has 224 valence electrons. The molecule has 0 amide bonds. The lowest BCUT2D eigenvalue weighted by Crippen LogP contribution is -2.51. The zero-order chi connectivity index (χ0) is 28.4. The van der Waals surface area contributed by atoms with E-state index in [9.17, 15) is 30.6 Å². The first-order valence-electron chi connectivity index (χ1n) is 14.2. The minimum atomic E-state index is -0.511. The molecule has 10 heteroatoms. The van der Waals surface area contributed by atoms with Gasteiger partial charge in [0.25, 0.3) is 0 Å². The van der Waals surface area contributed by atoms with Crippen LogP contribution in [-0.4, -0.2) is 142 Å². The normalized spacial score (nSPS) is 19.0. The molecule has 0 aromatic heterocycles. The Morgan fingerprint density at radius 2 is 0.919 bits per heavy atom. The van der Waals surface area contributed by atoms with Gasteiger partial charge in [-0.2, -0.15) is 0 Å². The van der Waals surface area contributed by atoms with Crippen molar-refractivity contribution in [2.24, 2.45) is 0 Å². The Labute approximate surface area is 226 Å². The molecule has 0 aliphatic carbocycles. The van der Waals surface area contributed by atoms with Crippen molar-refractivity contribution in [3.8, 4) is 0 Å². The van der Waals surface area contributed by atoms with Crippen LogP contribution in [0.15, 0.2) is 0 Å². The van der Waals surface area contributed by atoms with Crippen LogP contribution < -0.4 is 10.6 Å². The first-order valence-corrected chi connectivity index (χ1v) is 14.2. The molecule has 8 N–H and O–H groups in total. The Balaban J connectivity index is 4.86. The van der Waals surface area contributed by atoms with Crippen molar-refractivity contribution < 1.29 is 30.6 Å². The fourth-order valence-electron chi connectivity index (χ4n) is 5.20. The van der Waals surface area contributed by atoms with E-state index >= 15 is 0 Å². The quantitative estimate of drug-likeness (QED) is 0.0775. The van der Waals surface area contributed by atoms with E-state index in [-0.39, 0.29) is 0 Å².